The maximum Gasteiger partial charge on any atom is 0.0701 e. The van der Waals surface area contributed by atoms with Crippen molar-refractivity contribution in [3.8, 4) is 0 Å². The molecule has 0 spiro atoms. The molecule has 0 amide bonds. The molecular formula is C9H24I3N2O2V-. The van der Waals surface area contributed by atoms with Gasteiger partial charge in [-0.3, -0.25) is 4.93 Å². The third kappa shape index (κ3) is 117. The molecule has 1 heterocycles. The minimum Gasteiger partial charge on any atom is -0.395 e. The molecule has 1 radical (unpaired) electrons. The van der Waals surface area contributed by atoms with Gasteiger partial charge in [0.15, 0.2) is 0 Å². The van der Waals surface area contributed by atoms with E-state index in [2.05, 4.69) is 52.2 Å². The standard InChI is InChI=1S/C4H11NO.C2H7N.C2H4O.CH2I.I2.V/c1-5(2)3-4-6;1-3-2;1-2-3-1;2*1-2;/h6H,3-4H2,1-2H3;3H,1-2H3;1-2H2;1H2;;/q;;;-1;;. The Bertz CT molecular complexity index is 82.5. The monoisotopic (exact) mass is 624 g/mol. The molecule has 1 saturated heterocycles. The van der Waals surface area contributed by atoms with Crippen molar-refractivity contribution in [2.45, 2.75) is 0 Å². The summed E-state index contributed by atoms with van der Waals surface area (Å²) in [6, 6.07) is 0. The second kappa shape index (κ2) is 42.8. The van der Waals surface area contributed by atoms with Gasteiger partial charge in [-0.15, -0.1) is 0 Å². The summed E-state index contributed by atoms with van der Waals surface area (Å²) < 4.78 is 4.50. The molecule has 109 valence electrons. The number of likely N-dealkylation sites (N-methyl/N-ethyl adjacent to an activating group) is 1. The second-order valence-electron chi connectivity index (χ2n) is 2.64. The number of hydrogen-bond acceptors (Lipinski definition) is 4. The van der Waals surface area contributed by atoms with Gasteiger partial charge in [0.25, 0.3) is 0 Å². The number of epoxide rings is 1. The Hall–Kier alpha value is 2.61. The molecule has 0 bridgehead atoms. The van der Waals surface area contributed by atoms with Crippen LogP contribution in [0.25, 0.3) is 0 Å². The third-order valence-corrected chi connectivity index (χ3v) is 0.751. The second-order valence-corrected chi connectivity index (χ2v) is 2.64. The Balaban J connectivity index is -0.0000000378. The minimum absolute atomic E-state index is 0. The Kier molecular flexibility index (Phi) is 80.1. The molecule has 0 saturated carbocycles. The maximum absolute atomic E-state index is 8.20. The van der Waals surface area contributed by atoms with Gasteiger partial charge >= 0.3 is 0 Å². The van der Waals surface area contributed by atoms with Crippen LogP contribution in [0.3, 0.4) is 0 Å². The van der Waals surface area contributed by atoms with Gasteiger partial charge in [0.1, 0.15) is 0 Å². The first kappa shape index (κ1) is 31.8. The van der Waals surface area contributed by atoms with E-state index in [4.69, 9.17) is 5.11 Å². The summed E-state index contributed by atoms with van der Waals surface area (Å²) in [5.74, 6) is 0. The summed E-state index contributed by atoms with van der Waals surface area (Å²) in [6.45, 7) is 3.02. The molecule has 2 N–H and O–H groups in total. The first-order valence-electron chi connectivity index (χ1n) is 4.51. The van der Waals surface area contributed by atoms with Gasteiger partial charge in [0.05, 0.1) is 19.8 Å². The van der Waals surface area contributed by atoms with Gasteiger partial charge in [-0.05, 0) is 28.2 Å². The normalized spacial score (nSPS) is 9.53. The molecule has 0 atom stereocenters. The Labute approximate surface area is 156 Å². The fourth-order valence-electron chi connectivity index (χ4n) is 0.200. The molecule has 1 aliphatic rings. The topological polar surface area (TPSA) is 48.0 Å². The fraction of sp³-hybridized carbons (Fsp3) is 0.889. The van der Waals surface area contributed by atoms with Crippen LogP contribution in [0.4, 0.5) is 0 Å². The Morgan fingerprint density at radius 2 is 1.47 bits per heavy atom. The molecule has 17 heavy (non-hydrogen) atoms. The van der Waals surface area contributed by atoms with Crippen molar-refractivity contribution in [3.63, 3.8) is 0 Å². The molecule has 4 nitrogen and oxygen atoms in total. The first-order chi connectivity index (χ1) is 7.68. The number of ether oxygens (including phenoxy) is 1. The van der Waals surface area contributed by atoms with Crippen molar-refractivity contribution in [2.24, 2.45) is 0 Å². The average molecular weight is 624 g/mol. The van der Waals surface area contributed by atoms with E-state index >= 15 is 0 Å². The van der Waals surface area contributed by atoms with Crippen LogP contribution in [-0.4, -0.2) is 64.6 Å². The number of nitrogens with zero attached hydrogens (tertiary/aromatic N) is 1. The Morgan fingerprint density at radius 1 is 1.24 bits per heavy atom. The predicted molar refractivity (Wildman–Crippen MR) is 98.9 cm³/mol. The van der Waals surface area contributed by atoms with Crippen LogP contribution >= 0.6 is 59.8 Å². The van der Waals surface area contributed by atoms with E-state index in [1.807, 2.05) is 55.7 Å². The summed E-state index contributed by atoms with van der Waals surface area (Å²) in [4.78, 5) is 5.15. The fourth-order valence-corrected chi connectivity index (χ4v) is 0.200. The zero-order valence-electron chi connectivity index (χ0n) is 10.9. The molecular weight excluding hydrogens is 600 g/mol. The number of halogens is 3. The van der Waals surface area contributed by atoms with E-state index in [-0.39, 0.29) is 25.2 Å². The average Bonchev–Trinajstić information content (AvgIpc) is 3.12. The van der Waals surface area contributed by atoms with Gasteiger partial charge in [0, 0.05) is 62.3 Å². The molecule has 1 aliphatic heterocycles. The summed E-state index contributed by atoms with van der Waals surface area (Å²) >= 11 is 6.14. The molecule has 1 rings (SSSR count). The van der Waals surface area contributed by atoms with Crippen LogP contribution in [0.2, 0.25) is 0 Å². The zero-order chi connectivity index (χ0) is 13.8. The Morgan fingerprint density at radius 3 is 1.47 bits per heavy atom. The van der Waals surface area contributed by atoms with E-state index in [1.165, 1.54) is 0 Å². The number of nitrogens with one attached hydrogen (secondary N) is 1. The van der Waals surface area contributed by atoms with Crippen molar-refractivity contribution in [1.29, 1.82) is 0 Å². The molecule has 0 aromatic carbocycles. The van der Waals surface area contributed by atoms with Crippen molar-refractivity contribution in [1.82, 2.24) is 10.2 Å². The van der Waals surface area contributed by atoms with Gasteiger partial charge in [0.2, 0.25) is 0 Å². The van der Waals surface area contributed by atoms with Crippen LogP contribution in [0, 0.1) is 4.93 Å². The van der Waals surface area contributed by atoms with Crippen LogP contribution in [0.15, 0.2) is 0 Å². The van der Waals surface area contributed by atoms with Crippen molar-refractivity contribution < 1.29 is 28.4 Å². The maximum atomic E-state index is 8.20. The third-order valence-electron chi connectivity index (χ3n) is 0.751. The number of aliphatic hydroxyl groups is 1. The number of aliphatic hydroxyl groups excluding tert-OH is 1. The summed E-state index contributed by atoms with van der Waals surface area (Å²) in [5, 5.41) is 10.9. The summed E-state index contributed by atoms with van der Waals surface area (Å²) in [5.41, 5.74) is 0. The van der Waals surface area contributed by atoms with E-state index in [9.17, 15) is 0 Å². The SMILES string of the molecule is C1CO1.CN(C)CCO.CNC.II.[CH2-]I.[V]. The zero-order valence-corrected chi connectivity index (χ0v) is 18.8. The van der Waals surface area contributed by atoms with Crippen LogP contribution in [0.1, 0.15) is 0 Å². The quantitative estimate of drug-likeness (QED) is 0.282. The molecule has 0 aromatic heterocycles. The molecule has 0 unspecified atom stereocenters. The molecule has 8 heteroatoms. The van der Waals surface area contributed by atoms with E-state index in [0.29, 0.717) is 0 Å². The summed E-state index contributed by atoms with van der Waals surface area (Å²) in [6.07, 6.45) is 0. The minimum atomic E-state index is 0. The summed E-state index contributed by atoms with van der Waals surface area (Å²) in [7, 11) is 7.60. The van der Waals surface area contributed by atoms with Crippen LogP contribution in [0.5, 0.6) is 0 Å². The van der Waals surface area contributed by atoms with Gasteiger partial charge < -0.3 is 42.7 Å². The molecule has 0 aliphatic carbocycles. The molecule has 1 fully saturated rings. The predicted octanol–water partition coefficient (Wildman–Crippen LogP) is 2.37. The van der Waals surface area contributed by atoms with Crippen molar-refractivity contribution in [3.05, 3.63) is 4.93 Å². The van der Waals surface area contributed by atoms with Gasteiger partial charge in [-0.2, -0.15) is 0 Å². The van der Waals surface area contributed by atoms with Crippen molar-refractivity contribution >= 4 is 59.8 Å². The van der Waals surface area contributed by atoms with Gasteiger partial charge in [-0.1, -0.05) is 0 Å². The van der Waals surface area contributed by atoms with E-state index < -0.39 is 0 Å². The largest absolute Gasteiger partial charge is 0.395 e. The molecule has 0 aromatic rings. The van der Waals surface area contributed by atoms with Crippen LogP contribution < -0.4 is 5.32 Å². The van der Waals surface area contributed by atoms with E-state index in [1.54, 1.807) is 0 Å². The smallest absolute Gasteiger partial charge is 0.0701 e. The number of hydrogen-bond donors (Lipinski definition) is 2. The van der Waals surface area contributed by atoms with E-state index in [0.717, 1.165) is 19.8 Å². The first-order valence-corrected chi connectivity index (χ1v) is 12.3. The van der Waals surface area contributed by atoms with Crippen LogP contribution in [-0.2, 0) is 23.3 Å². The van der Waals surface area contributed by atoms with Crippen molar-refractivity contribution in [2.75, 3.05) is 54.6 Å². The van der Waals surface area contributed by atoms with Gasteiger partial charge in [-0.25, -0.2) is 0 Å². The number of rotatable bonds is 2.